The molecule has 5 heteroatoms. The SMILES string of the molecule is CCC1CCCCC1n1c(=O)cc(Cl)[nH]c1=O. The van der Waals surface area contributed by atoms with E-state index in [0.717, 1.165) is 25.7 Å². The van der Waals surface area contributed by atoms with Gasteiger partial charge in [0.1, 0.15) is 5.15 Å². The van der Waals surface area contributed by atoms with Crippen LogP contribution in [0.15, 0.2) is 15.7 Å². The van der Waals surface area contributed by atoms with Crippen LogP contribution in [0.25, 0.3) is 0 Å². The molecule has 17 heavy (non-hydrogen) atoms. The van der Waals surface area contributed by atoms with Crippen LogP contribution in [0, 0.1) is 5.92 Å². The Bertz CT molecular complexity index is 475. The molecule has 1 aromatic heterocycles. The van der Waals surface area contributed by atoms with Crippen molar-refractivity contribution >= 4 is 11.6 Å². The molecule has 0 spiro atoms. The van der Waals surface area contributed by atoms with Gasteiger partial charge in [-0.1, -0.05) is 37.8 Å². The Morgan fingerprint density at radius 1 is 1.41 bits per heavy atom. The van der Waals surface area contributed by atoms with Gasteiger partial charge < -0.3 is 0 Å². The summed E-state index contributed by atoms with van der Waals surface area (Å²) < 4.78 is 1.35. The predicted octanol–water partition coefficient (Wildman–Crippen LogP) is 2.33. The van der Waals surface area contributed by atoms with Crippen molar-refractivity contribution in [1.82, 2.24) is 9.55 Å². The molecule has 2 atom stereocenters. The molecular weight excluding hydrogens is 240 g/mol. The van der Waals surface area contributed by atoms with Gasteiger partial charge in [0.05, 0.1) is 0 Å². The molecule has 0 amide bonds. The van der Waals surface area contributed by atoms with E-state index < -0.39 is 0 Å². The fourth-order valence-electron chi connectivity index (χ4n) is 2.79. The highest BCUT2D eigenvalue weighted by Gasteiger charge is 2.27. The van der Waals surface area contributed by atoms with Gasteiger partial charge in [0.2, 0.25) is 0 Å². The quantitative estimate of drug-likeness (QED) is 0.826. The Hall–Kier alpha value is -1.03. The predicted molar refractivity (Wildman–Crippen MR) is 67.6 cm³/mol. The van der Waals surface area contributed by atoms with Gasteiger partial charge in [-0.15, -0.1) is 0 Å². The zero-order valence-corrected chi connectivity index (χ0v) is 10.7. The minimum Gasteiger partial charge on any atom is -0.298 e. The number of halogens is 1. The molecule has 0 aliphatic heterocycles. The third-order valence-corrected chi connectivity index (χ3v) is 3.86. The zero-order chi connectivity index (χ0) is 12.4. The number of hydrogen-bond acceptors (Lipinski definition) is 2. The van der Waals surface area contributed by atoms with Crippen LogP contribution in [0.5, 0.6) is 0 Å². The summed E-state index contributed by atoms with van der Waals surface area (Å²) in [5.74, 6) is 0.420. The number of nitrogens with one attached hydrogen (secondary N) is 1. The maximum absolute atomic E-state index is 11.9. The van der Waals surface area contributed by atoms with Crippen LogP contribution >= 0.6 is 11.6 Å². The number of hydrogen-bond donors (Lipinski definition) is 1. The van der Waals surface area contributed by atoms with Crippen molar-refractivity contribution < 1.29 is 0 Å². The summed E-state index contributed by atoms with van der Waals surface area (Å²) in [4.78, 5) is 26.2. The summed E-state index contributed by atoms with van der Waals surface area (Å²) in [7, 11) is 0. The average molecular weight is 257 g/mol. The van der Waals surface area contributed by atoms with Gasteiger partial charge in [-0.25, -0.2) is 4.79 Å². The Kier molecular flexibility index (Phi) is 3.72. The highest BCUT2D eigenvalue weighted by molar-refractivity contribution is 6.29. The number of aromatic amines is 1. The second-order valence-electron chi connectivity index (χ2n) is 4.65. The molecule has 0 saturated heterocycles. The summed E-state index contributed by atoms with van der Waals surface area (Å²) in [6.07, 6.45) is 5.27. The van der Waals surface area contributed by atoms with Gasteiger partial charge in [0.25, 0.3) is 5.56 Å². The third-order valence-electron chi connectivity index (χ3n) is 3.66. The largest absolute Gasteiger partial charge is 0.329 e. The first-order valence-electron chi connectivity index (χ1n) is 6.15. The average Bonchev–Trinajstić information content (AvgIpc) is 2.28. The van der Waals surface area contributed by atoms with E-state index in [1.807, 2.05) is 0 Å². The van der Waals surface area contributed by atoms with Gasteiger partial charge in [-0.2, -0.15) is 0 Å². The van der Waals surface area contributed by atoms with Crippen molar-refractivity contribution in [3.63, 3.8) is 0 Å². The maximum atomic E-state index is 11.9. The van der Waals surface area contributed by atoms with Crippen LogP contribution in [0.2, 0.25) is 5.15 Å². The lowest BCUT2D eigenvalue weighted by Crippen LogP contribution is -2.41. The zero-order valence-electron chi connectivity index (χ0n) is 9.91. The molecule has 0 radical (unpaired) electrons. The van der Waals surface area contributed by atoms with E-state index >= 15 is 0 Å². The van der Waals surface area contributed by atoms with E-state index in [0.29, 0.717) is 5.92 Å². The van der Waals surface area contributed by atoms with Crippen molar-refractivity contribution in [2.24, 2.45) is 5.92 Å². The highest BCUT2D eigenvalue weighted by Crippen LogP contribution is 2.34. The summed E-state index contributed by atoms with van der Waals surface area (Å²) in [6, 6.07) is 1.31. The van der Waals surface area contributed by atoms with Crippen molar-refractivity contribution in [2.45, 2.75) is 45.1 Å². The Morgan fingerprint density at radius 2 is 2.12 bits per heavy atom. The van der Waals surface area contributed by atoms with Gasteiger partial charge in [-0.05, 0) is 18.8 Å². The number of H-pyrrole nitrogens is 1. The second-order valence-corrected chi connectivity index (χ2v) is 5.06. The molecule has 1 fully saturated rings. The lowest BCUT2D eigenvalue weighted by Gasteiger charge is -2.31. The molecule has 1 N–H and O–H groups in total. The molecule has 1 aromatic rings. The molecule has 1 aliphatic rings. The Balaban J connectivity index is 2.45. The van der Waals surface area contributed by atoms with E-state index in [4.69, 9.17) is 11.6 Å². The Morgan fingerprint density at radius 3 is 2.76 bits per heavy atom. The number of rotatable bonds is 2. The van der Waals surface area contributed by atoms with Crippen molar-refractivity contribution in [3.05, 3.63) is 32.1 Å². The molecule has 94 valence electrons. The van der Waals surface area contributed by atoms with Crippen molar-refractivity contribution in [2.75, 3.05) is 0 Å². The van der Waals surface area contributed by atoms with Crippen LogP contribution in [-0.4, -0.2) is 9.55 Å². The minimum absolute atomic E-state index is 0.0299. The van der Waals surface area contributed by atoms with E-state index in [9.17, 15) is 9.59 Å². The van der Waals surface area contributed by atoms with E-state index in [-0.39, 0.29) is 22.4 Å². The highest BCUT2D eigenvalue weighted by atomic mass is 35.5. The lowest BCUT2D eigenvalue weighted by molar-refractivity contribution is 0.222. The Labute approximate surface area is 105 Å². The molecular formula is C12H17ClN2O2. The number of nitrogens with zero attached hydrogens (tertiary/aromatic N) is 1. The molecule has 1 aliphatic carbocycles. The van der Waals surface area contributed by atoms with Gasteiger partial charge in [0.15, 0.2) is 0 Å². The summed E-state index contributed by atoms with van der Waals surface area (Å²) in [6.45, 7) is 2.11. The standard InChI is InChI=1S/C12H17ClN2O2/c1-2-8-5-3-4-6-9(8)15-11(16)7-10(13)14-12(15)17/h7-9H,2-6H2,1H3,(H,14,17). The monoisotopic (exact) mass is 256 g/mol. The van der Waals surface area contributed by atoms with Gasteiger partial charge >= 0.3 is 5.69 Å². The lowest BCUT2D eigenvalue weighted by atomic mass is 9.83. The van der Waals surface area contributed by atoms with Crippen LogP contribution in [0.4, 0.5) is 0 Å². The van der Waals surface area contributed by atoms with Crippen LogP contribution in [-0.2, 0) is 0 Å². The summed E-state index contributed by atoms with van der Waals surface area (Å²) >= 11 is 5.66. The smallest absolute Gasteiger partial charge is 0.298 e. The summed E-state index contributed by atoms with van der Waals surface area (Å²) in [5.41, 5.74) is -0.669. The molecule has 1 saturated carbocycles. The van der Waals surface area contributed by atoms with Gasteiger partial charge in [0, 0.05) is 12.1 Å². The fourth-order valence-corrected chi connectivity index (χ4v) is 2.97. The fraction of sp³-hybridized carbons (Fsp3) is 0.667. The first-order valence-corrected chi connectivity index (χ1v) is 6.52. The van der Waals surface area contributed by atoms with Crippen molar-refractivity contribution in [3.8, 4) is 0 Å². The first kappa shape index (κ1) is 12.4. The number of aromatic nitrogens is 2. The molecule has 2 unspecified atom stereocenters. The third kappa shape index (κ3) is 2.46. The second kappa shape index (κ2) is 5.08. The van der Waals surface area contributed by atoms with E-state index in [1.165, 1.54) is 17.1 Å². The molecule has 0 aromatic carbocycles. The van der Waals surface area contributed by atoms with Crippen LogP contribution < -0.4 is 11.2 Å². The van der Waals surface area contributed by atoms with Crippen LogP contribution in [0.3, 0.4) is 0 Å². The summed E-state index contributed by atoms with van der Waals surface area (Å²) in [5, 5.41) is 0.111. The van der Waals surface area contributed by atoms with Crippen molar-refractivity contribution in [1.29, 1.82) is 0 Å². The molecule has 0 bridgehead atoms. The van der Waals surface area contributed by atoms with E-state index in [2.05, 4.69) is 11.9 Å². The first-order chi connectivity index (χ1) is 8.13. The molecule has 1 heterocycles. The normalized spacial score (nSPS) is 24.8. The minimum atomic E-state index is -0.382. The van der Waals surface area contributed by atoms with E-state index in [1.54, 1.807) is 0 Å². The topological polar surface area (TPSA) is 54.9 Å². The van der Waals surface area contributed by atoms with Crippen LogP contribution in [0.1, 0.15) is 45.1 Å². The maximum Gasteiger partial charge on any atom is 0.329 e. The molecule has 2 rings (SSSR count). The van der Waals surface area contributed by atoms with Gasteiger partial charge in [-0.3, -0.25) is 14.3 Å². The molecule has 4 nitrogen and oxygen atoms in total.